The molecule has 7 heteroatoms. The Morgan fingerprint density at radius 1 is 1.20 bits per heavy atom. The highest BCUT2D eigenvalue weighted by Gasteiger charge is 2.14. The standard InChI is InChI=1S/C13H12N6O/c1-8-4-3-5-10(15-8)16-12(20)11-17-13-14-7-6-9(2)19(13)18-11/h3-7H,1-2H3,(H,15,16,20). The number of carbonyl (C=O) groups is 1. The molecule has 0 atom stereocenters. The molecule has 3 aromatic rings. The number of nitrogens with zero attached hydrogens (tertiary/aromatic N) is 5. The number of nitrogens with one attached hydrogen (secondary N) is 1. The molecule has 3 heterocycles. The third kappa shape index (κ3) is 2.20. The molecule has 100 valence electrons. The van der Waals surface area contributed by atoms with Gasteiger partial charge in [0.15, 0.2) is 0 Å². The lowest BCUT2D eigenvalue weighted by atomic mass is 10.4. The first kappa shape index (κ1) is 12.2. The number of fused-ring (bicyclic) bond motifs is 1. The molecule has 20 heavy (non-hydrogen) atoms. The summed E-state index contributed by atoms with van der Waals surface area (Å²) in [4.78, 5) is 24.4. The highest BCUT2D eigenvalue weighted by atomic mass is 16.2. The Morgan fingerprint density at radius 3 is 2.80 bits per heavy atom. The average Bonchev–Trinajstić information content (AvgIpc) is 2.84. The lowest BCUT2D eigenvalue weighted by Gasteiger charge is -2.01. The van der Waals surface area contributed by atoms with Gasteiger partial charge in [0.2, 0.25) is 5.82 Å². The van der Waals surface area contributed by atoms with E-state index in [0.717, 1.165) is 11.4 Å². The predicted molar refractivity (Wildman–Crippen MR) is 72.4 cm³/mol. The number of anilines is 1. The number of hydrogen-bond donors (Lipinski definition) is 1. The third-order valence-electron chi connectivity index (χ3n) is 2.76. The van der Waals surface area contributed by atoms with Gasteiger partial charge in [0.25, 0.3) is 11.7 Å². The second kappa shape index (κ2) is 4.69. The quantitative estimate of drug-likeness (QED) is 0.759. The minimum atomic E-state index is -0.409. The van der Waals surface area contributed by atoms with Gasteiger partial charge in [-0.15, -0.1) is 5.10 Å². The minimum absolute atomic E-state index is 0.0649. The Labute approximate surface area is 114 Å². The summed E-state index contributed by atoms with van der Waals surface area (Å²) in [5, 5.41) is 6.80. The van der Waals surface area contributed by atoms with E-state index in [0.29, 0.717) is 11.6 Å². The number of pyridine rings is 1. The highest BCUT2D eigenvalue weighted by molar-refractivity contribution is 6.01. The second-order valence-corrected chi connectivity index (χ2v) is 4.35. The molecular weight excluding hydrogens is 256 g/mol. The van der Waals surface area contributed by atoms with Crippen LogP contribution < -0.4 is 5.32 Å². The van der Waals surface area contributed by atoms with Gasteiger partial charge >= 0.3 is 0 Å². The van der Waals surface area contributed by atoms with Crippen LogP contribution in [0.1, 0.15) is 22.0 Å². The van der Waals surface area contributed by atoms with Gasteiger partial charge in [-0.1, -0.05) is 6.07 Å². The molecule has 0 aliphatic carbocycles. The molecule has 0 aromatic carbocycles. The van der Waals surface area contributed by atoms with Crippen molar-refractivity contribution >= 4 is 17.5 Å². The summed E-state index contributed by atoms with van der Waals surface area (Å²) in [7, 11) is 0. The Hall–Kier alpha value is -2.83. The topological polar surface area (TPSA) is 85.1 Å². The van der Waals surface area contributed by atoms with Crippen LogP contribution in [0.2, 0.25) is 0 Å². The van der Waals surface area contributed by atoms with E-state index in [1.807, 2.05) is 26.0 Å². The smallest absolute Gasteiger partial charge is 0.296 e. The maximum absolute atomic E-state index is 12.1. The van der Waals surface area contributed by atoms with Crippen molar-refractivity contribution in [3.8, 4) is 0 Å². The summed E-state index contributed by atoms with van der Waals surface area (Å²) in [6.45, 7) is 3.72. The molecule has 0 unspecified atom stereocenters. The monoisotopic (exact) mass is 268 g/mol. The van der Waals surface area contributed by atoms with Crippen molar-refractivity contribution in [1.29, 1.82) is 0 Å². The van der Waals surface area contributed by atoms with Crippen molar-refractivity contribution in [2.45, 2.75) is 13.8 Å². The number of aromatic nitrogens is 5. The van der Waals surface area contributed by atoms with Crippen molar-refractivity contribution in [2.75, 3.05) is 5.32 Å². The van der Waals surface area contributed by atoms with Crippen LogP contribution in [-0.4, -0.2) is 30.5 Å². The van der Waals surface area contributed by atoms with Gasteiger partial charge < -0.3 is 5.32 Å². The van der Waals surface area contributed by atoms with Gasteiger partial charge in [-0.25, -0.2) is 14.5 Å². The summed E-state index contributed by atoms with van der Waals surface area (Å²) in [6, 6.07) is 7.18. The zero-order valence-electron chi connectivity index (χ0n) is 11.0. The van der Waals surface area contributed by atoms with Crippen LogP contribution in [0.15, 0.2) is 30.5 Å². The van der Waals surface area contributed by atoms with Crippen molar-refractivity contribution in [3.63, 3.8) is 0 Å². The summed E-state index contributed by atoms with van der Waals surface area (Å²) in [5.74, 6) is 0.522. The van der Waals surface area contributed by atoms with Crippen LogP contribution in [0.5, 0.6) is 0 Å². The van der Waals surface area contributed by atoms with Gasteiger partial charge in [-0.05, 0) is 32.0 Å². The Balaban J connectivity index is 1.91. The fraction of sp³-hybridized carbons (Fsp3) is 0.154. The van der Waals surface area contributed by atoms with Crippen molar-refractivity contribution in [3.05, 3.63) is 47.7 Å². The molecule has 1 amide bonds. The highest BCUT2D eigenvalue weighted by Crippen LogP contribution is 2.07. The zero-order valence-corrected chi connectivity index (χ0v) is 11.0. The lowest BCUT2D eigenvalue weighted by Crippen LogP contribution is -2.15. The van der Waals surface area contributed by atoms with E-state index in [2.05, 4.69) is 25.4 Å². The SMILES string of the molecule is Cc1cccc(NC(=O)c2nc3nccc(C)n3n2)n1. The van der Waals surface area contributed by atoms with E-state index in [1.165, 1.54) is 4.52 Å². The second-order valence-electron chi connectivity index (χ2n) is 4.35. The number of carbonyl (C=O) groups excluding carboxylic acids is 1. The molecule has 3 aromatic heterocycles. The minimum Gasteiger partial charge on any atom is -0.304 e. The summed E-state index contributed by atoms with van der Waals surface area (Å²) >= 11 is 0. The van der Waals surface area contributed by atoms with Crippen LogP contribution in [0.25, 0.3) is 5.78 Å². The van der Waals surface area contributed by atoms with E-state index in [-0.39, 0.29) is 5.82 Å². The predicted octanol–water partition coefficient (Wildman–Crippen LogP) is 1.39. The fourth-order valence-corrected chi connectivity index (χ4v) is 1.79. The van der Waals surface area contributed by atoms with E-state index in [4.69, 9.17) is 0 Å². The van der Waals surface area contributed by atoms with E-state index >= 15 is 0 Å². The molecule has 0 fully saturated rings. The van der Waals surface area contributed by atoms with Gasteiger partial charge in [-0.3, -0.25) is 4.79 Å². The van der Waals surface area contributed by atoms with E-state index < -0.39 is 5.91 Å². The first-order valence-corrected chi connectivity index (χ1v) is 6.07. The van der Waals surface area contributed by atoms with Crippen LogP contribution in [-0.2, 0) is 0 Å². The van der Waals surface area contributed by atoms with E-state index in [1.54, 1.807) is 18.3 Å². The zero-order chi connectivity index (χ0) is 14.1. The maximum atomic E-state index is 12.1. The molecule has 0 radical (unpaired) electrons. The first-order chi connectivity index (χ1) is 9.63. The molecule has 0 aliphatic rings. The number of amides is 1. The van der Waals surface area contributed by atoms with Crippen molar-refractivity contribution < 1.29 is 4.79 Å². The largest absolute Gasteiger partial charge is 0.304 e. The summed E-state index contributed by atoms with van der Waals surface area (Å²) < 4.78 is 1.53. The number of rotatable bonds is 2. The van der Waals surface area contributed by atoms with Crippen LogP contribution in [0.4, 0.5) is 5.82 Å². The molecule has 1 N–H and O–H groups in total. The molecular formula is C13H12N6O. The maximum Gasteiger partial charge on any atom is 0.296 e. The van der Waals surface area contributed by atoms with Crippen molar-refractivity contribution in [1.82, 2.24) is 24.6 Å². The molecule has 0 spiro atoms. The van der Waals surface area contributed by atoms with Crippen LogP contribution in [0, 0.1) is 13.8 Å². The number of aryl methyl sites for hydroxylation is 2. The molecule has 7 nitrogen and oxygen atoms in total. The average molecular weight is 268 g/mol. The van der Waals surface area contributed by atoms with Gasteiger partial charge in [0.1, 0.15) is 5.82 Å². The first-order valence-electron chi connectivity index (χ1n) is 6.07. The molecule has 0 bridgehead atoms. The van der Waals surface area contributed by atoms with E-state index in [9.17, 15) is 4.79 Å². The third-order valence-corrected chi connectivity index (χ3v) is 2.76. The molecule has 3 rings (SSSR count). The van der Waals surface area contributed by atoms with Crippen LogP contribution >= 0.6 is 0 Å². The molecule has 0 saturated carbocycles. The van der Waals surface area contributed by atoms with Gasteiger partial charge in [0, 0.05) is 17.6 Å². The normalized spacial score (nSPS) is 10.7. The summed E-state index contributed by atoms with van der Waals surface area (Å²) in [5.41, 5.74) is 1.68. The Bertz CT molecular complexity index is 794. The lowest BCUT2D eigenvalue weighted by molar-refractivity contribution is 0.101. The Kier molecular flexibility index (Phi) is 2.86. The molecule has 0 aliphatic heterocycles. The number of hydrogen-bond acceptors (Lipinski definition) is 5. The molecule has 0 saturated heterocycles. The fourth-order valence-electron chi connectivity index (χ4n) is 1.79. The van der Waals surface area contributed by atoms with Gasteiger partial charge in [-0.2, -0.15) is 4.98 Å². The summed E-state index contributed by atoms with van der Waals surface area (Å²) in [6.07, 6.45) is 1.63. The van der Waals surface area contributed by atoms with Crippen molar-refractivity contribution in [2.24, 2.45) is 0 Å². The Morgan fingerprint density at radius 2 is 2.05 bits per heavy atom. The van der Waals surface area contributed by atoms with Crippen LogP contribution in [0.3, 0.4) is 0 Å². The van der Waals surface area contributed by atoms with Gasteiger partial charge in [0.05, 0.1) is 0 Å².